The van der Waals surface area contributed by atoms with E-state index in [1.807, 2.05) is 24.3 Å². The molecule has 0 aliphatic carbocycles. The predicted molar refractivity (Wildman–Crippen MR) is 81.5 cm³/mol. The van der Waals surface area contributed by atoms with E-state index in [1.165, 1.54) is 17.4 Å². The summed E-state index contributed by atoms with van der Waals surface area (Å²) in [7, 11) is 3.19. The first kappa shape index (κ1) is 15.2. The smallest absolute Gasteiger partial charge is 0.328 e. The monoisotopic (exact) mass is 305 g/mol. The highest BCUT2D eigenvalue weighted by atomic mass is 32.1. The lowest BCUT2D eigenvalue weighted by molar-refractivity contribution is -0.131. The summed E-state index contributed by atoms with van der Waals surface area (Å²) in [6, 6.07) is 7.57. The fourth-order valence-corrected chi connectivity index (χ4v) is 2.73. The molecule has 1 aromatic heterocycles. The molecule has 0 unspecified atom stereocenters. The molecule has 5 nitrogen and oxygen atoms in total. The molecule has 21 heavy (non-hydrogen) atoms. The van der Waals surface area contributed by atoms with Gasteiger partial charge in [0.2, 0.25) is 0 Å². The van der Waals surface area contributed by atoms with Gasteiger partial charge in [0.05, 0.1) is 24.3 Å². The molecule has 0 aliphatic rings. The summed E-state index contributed by atoms with van der Waals surface area (Å²) in [6.07, 6.45) is 2.64. The van der Waals surface area contributed by atoms with Gasteiger partial charge in [-0.3, -0.25) is 0 Å². The van der Waals surface area contributed by atoms with Crippen LogP contribution >= 0.6 is 11.3 Å². The van der Waals surface area contributed by atoms with Gasteiger partial charge in [-0.15, -0.1) is 11.3 Å². The van der Waals surface area contributed by atoms with Crippen LogP contribution in [-0.4, -0.2) is 30.3 Å². The Labute approximate surface area is 126 Å². The zero-order valence-corrected chi connectivity index (χ0v) is 12.5. The maximum Gasteiger partial charge on any atom is 0.328 e. The number of carbonyl (C=O) groups is 1. The fraction of sp³-hybridized carbons (Fsp3) is 0.200. The van der Waals surface area contributed by atoms with Crippen LogP contribution in [0.5, 0.6) is 5.75 Å². The first-order valence-electron chi connectivity index (χ1n) is 6.18. The normalized spacial score (nSPS) is 11.0. The van der Waals surface area contributed by atoms with Crippen molar-refractivity contribution >= 4 is 23.4 Å². The van der Waals surface area contributed by atoms with Gasteiger partial charge in [-0.1, -0.05) is 12.1 Å². The summed E-state index contributed by atoms with van der Waals surface area (Å²) in [4.78, 5) is 15.9. The van der Waals surface area contributed by atoms with Crippen molar-refractivity contribution in [3.05, 3.63) is 40.9 Å². The van der Waals surface area contributed by atoms with Crippen molar-refractivity contribution in [1.29, 1.82) is 0 Å². The molecule has 0 amide bonds. The number of rotatable bonds is 6. The highest BCUT2D eigenvalue weighted by Gasteiger charge is 2.11. The number of aliphatic carboxylic acids is 1. The Kier molecular flexibility index (Phi) is 5.08. The molecular formula is C15H15NO4S. The lowest BCUT2D eigenvalue weighted by Gasteiger charge is -2.01. The summed E-state index contributed by atoms with van der Waals surface area (Å²) in [5.41, 5.74) is 1.64. The van der Waals surface area contributed by atoms with E-state index in [0.717, 1.165) is 33.0 Å². The zero-order chi connectivity index (χ0) is 15.2. The van der Waals surface area contributed by atoms with Gasteiger partial charge >= 0.3 is 5.97 Å². The van der Waals surface area contributed by atoms with Gasteiger partial charge in [0.15, 0.2) is 0 Å². The van der Waals surface area contributed by atoms with Crippen LogP contribution in [0.4, 0.5) is 0 Å². The van der Waals surface area contributed by atoms with Crippen LogP contribution in [0.25, 0.3) is 16.6 Å². The van der Waals surface area contributed by atoms with Crippen molar-refractivity contribution in [2.24, 2.45) is 0 Å². The van der Waals surface area contributed by atoms with Crippen molar-refractivity contribution in [2.75, 3.05) is 14.2 Å². The van der Waals surface area contributed by atoms with Gasteiger partial charge in [-0.25, -0.2) is 9.78 Å². The Hall–Kier alpha value is -2.18. The van der Waals surface area contributed by atoms with E-state index in [4.69, 9.17) is 14.6 Å². The van der Waals surface area contributed by atoms with Gasteiger partial charge in [0.1, 0.15) is 10.8 Å². The van der Waals surface area contributed by atoms with Gasteiger partial charge in [0.25, 0.3) is 0 Å². The Bertz CT molecular complexity index is 663. The number of aromatic nitrogens is 1. The van der Waals surface area contributed by atoms with E-state index in [9.17, 15) is 4.79 Å². The van der Waals surface area contributed by atoms with Crippen LogP contribution in [0.1, 0.15) is 10.6 Å². The predicted octanol–water partition coefficient (Wildman–Crippen LogP) is 3.06. The number of hydrogen-bond acceptors (Lipinski definition) is 5. The molecule has 0 saturated heterocycles. The number of hydrogen-bond donors (Lipinski definition) is 1. The molecule has 0 fully saturated rings. The van der Waals surface area contributed by atoms with Crippen LogP contribution in [0.2, 0.25) is 0 Å². The highest BCUT2D eigenvalue weighted by molar-refractivity contribution is 7.16. The first-order valence-corrected chi connectivity index (χ1v) is 6.99. The highest BCUT2D eigenvalue weighted by Crippen LogP contribution is 2.31. The van der Waals surface area contributed by atoms with Crippen LogP contribution < -0.4 is 4.74 Å². The van der Waals surface area contributed by atoms with E-state index in [-0.39, 0.29) is 0 Å². The summed E-state index contributed by atoms with van der Waals surface area (Å²) in [5.74, 6) is -0.242. The van der Waals surface area contributed by atoms with Crippen molar-refractivity contribution in [1.82, 2.24) is 4.98 Å². The lowest BCUT2D eigenvalue weighted by Crippen LogP contribution is -1.91. The van der Waals surface area contributed by atoms with Gasteiger partial charge in [-0.2, -0.15) is 0 Å². The summed E-state index contributed by atoms with van der Waals surface area (Å²) in [5, 5.41) is 9.53. The van der Waals surface area contributed by atoms with Gasteiger partial charge in [0, 0.05) is 18.7 Å². The molecule has 1 heterocycles. The first-order chi connectivity index (χ1) is 10.1. The summed E-state index contributed by atoms with van der Waals surface area (Å²) in [6.45, 7) is 0.333. The molecule has 0 bridgehead atoms. The van der Waals surface area contributed by atoms with Crippen molar-refractivity contribution in [3.63, 3.8) is 0 Å². The average Bonchev–Trinajstić information content (AvgIpc) is 2.89. The van der Waals surface area contributed by atoms with E-state index in [0.29, 0.717) is 6.61 Å². The van der Waals surface area contributed by atoms with Crippen LogP contribution in [-0.2, 0) is 16.1 Å². The molecule has 1 N–H and O–H groups in total. The summed E-state index contributed by atoms with van der Waals surface area (Å²) < 4.78 is 10.3. The molecule has 0 radical (unpaired) electrons. The molecule has 0 spiro atoms. The number of nitrogens with zero attached hydrogens (tertiary/aromatic N) is 1. The number of thiazole rings is 1. The van der Waals surface area contributed by atoms with E-state index < -0.39 is 5.97 Å². The number of carboxylic acid groups (broad SMARTS) is 1. The topological polar surface area (TPSA) is 68.7 Å². The maximum atomic E-state index is 10.7. The second-order valence-corrected chi connectivity index (χ2v) is 5.20. The Balaban J connectivity index is 2.40. The van der Waals surface area contributed by atoms with Gasteiger partial charge in [-0.05, 0) is 18.2 Å². The standard InChI is InChI=1S/C15H15NO4S/c1-19-9-12-13(6-7-14(17)18)21-15(16-12)10-4-3-5-11(8-10)20-2/h3-8H,9H2,1-2H3,(H,17,18)/b7-6+. The molecule has 2 rings (SSSR count). The van der Waals surface area contributed by atoms with Crippen molar-refractivity contribution in [3.8, 4) is 16.3 Å². The minimum Gasteiger partial charge on any atom is -0.497 e. The largest absolute Gasteiger partial charge is 0.497 e. The third-order valence-electron chi connectivity index (χ3n) is 2.70. The minimum absolute atomic E-state index is 0.333. The summed E-state index contributed by atoms with van der Waals surface area (Å²) >= 11 is 1.42. The molecular weight excluding hydrogens is 290 g/mol. The Morgan fingerprint density at radius 3 is 2.90 bits per heavy atom. The molecule has 0 saturated carbocycles. The van der Waals surface area contributed by atoms with E-state index >= 15 is 0 Å². The van der Waals surface area contributed by atoms with E-state index in [1.54, 1.807) is 14.2 Å². The van der Waals surface area contributed by atoms with E-state index in [2.05, 4.69) is 4.98 Å². The van der Waals surface area contributed by atoms with Crippen LogP contribution in [0, 0.1) is 0 Å². The Morgan fingerprint density at radius 1 is 1.43 bits per heavy atom. The van der Waals surface area contributed by atoms with Crippen LogP contribution in [0.3, 0.4) is 0 Å². The number of methoxy groups -OCH3 is 2. The fourth-order valence-electron chi connectivity index (χ4n) is 1.76. The molecule has 0 aliphatic heterocycles. The third-order valence-corrected chi connectivity index (χ3v) is 3.81. The molecule has 110 valence electrons. The average molecular weight is 305 g/mol. The molecule has 1 aromatic carbocycles. The zero-order valence-electron chi connectivity index (χ0n) is 11.7. The van der Waals surface area contributed by atoms with Crippen molar-refractivity contribution in [2.45, 2.75) is 6.61 Å². The number of ether oxygens (including phenoxy) is 2. The number of benzene rings is 1. The molecule has 6 heteroatoms. The maximum absolute atomic E-state index is 10.7. The number of carboxylic acids is 1. The Morgan fingerprint density at radius 2 is 2.24 bits per heavy atom. The quantitative estimate of drug-likeness (QED) is 0.831. The molecule has 2 aromatic rings. The second kappa shape index (κ2) is 7.01. The second-order valence-electron chi connectivity index (χ2n) is 4.17. The van der Waals surface area contributed by atoms with Gasteiger partial charge < -0.3 is 14.6 Å². The SMILES string of the molecule is COCc1nc(-c2cccc(OC)c2)sc1/C=C/C(=O)O. The molecule has 0 atom stereocenters. The lowest BCUT2D eigenvalue weighted by atomic mass is 10.2. The minimum atomic E-state index is -0.991. The van der Waals surface area contributed by atoms with Crippen LogP contribution in [0.15, 0.2) is 30.3 Å². The van der Waals surface area contributed by atoms with Crippen molar-refractivity contribution < 1.29 is 19.4 Å². The third kappa shape index (κ3) is 3.90.